The van der Waals surface area contributed by atoms with Gasteiger partial charge in [0.15, 0.2) is 0 Å². The second-order valence-electron chi connectivity index (χ2n) is 7.46. The summed E-state index contributed by atoms with van der Waals surface area (Å²) in [5.74, 6) is 0.839. The Balaban J connectivity index is 1.63. The molecule has 0 spiro atoms. The van der Waals surface area contributed by atoms with Gasteiger partial charge in [-0.3, -0.25) is 0 Å². The molecule has 2 heterocycles. The Kier molecular flexibility index (Phi) is 4.72. The minimum absolute atomic E-state index is 0.212. The quantitative estimate of drug-likeness (QED) is 0.800. The van der Waals surface area contributed by atoms with Gasteiger partial charge in [0.1, 0.15) is 12.4 Å². The van der Waals surface area contributed by atoms with Crippen LogP contribution in [0.5, 0.6) is 5.75 Å². The van der Waals surface area contributed by atoms with Crippen molar-refractivity contribution in [1.29, 1.82) is 0 Å². The lowest BCUT2D eigenvalue weighted by molar-refractivity contribution is -0.0110. The predicted octanol–water partition coefficient (Wildman–Crippen LogP) is 2.93. The molecule has 0 aromatic heterocycles. The van der Waals surface area contributed by atoms with Crippen LogP contribution in [0.3, 0.4) is 0 Å². The zero-order valence-electron chi connectivity index (χ0n) is 14.6. The smallest absolute Gasteiger partial charge is 0.491 e. The number of hydrogen-bond donors (Lipinski definition) is 0. The van der Waals surface area contributed by atoms with E-state index < -0.39 is 0 Å². The monoisotopic (exact) mass is 318 g/mol. The van der Waals surface area contributed by atoms with E-state index in [1.54, 1.807) is 0 Å². The van der Waals surface area contributed by atoms with Gasteiger partial charge in [0.2, 0.25) is 0 Å². The number of benzene rings is 1. The van der Waals surface area contributed by atoms with Crippen molar-refractivity contribution < 1.29 is 18.8 Å². The molecular weight excluding hydrogens is 291 g/mol. The van der Waals surface area contributed by atoms with Crippen LogP contribution >= 0.6 is 0 Å². The average molecular weight is 318 g/mol. The lowest BCUT2D eigenvalue weighted by Gasteiger charge is -2.32. The van der Waals surface area contributed by atoms with Crippen molar-refractivity contribution in [2.45, 2.75) is 64.3 Å². The van der Waals surface area contributed by atoms with Gasteiger partial charge in [0.25, 0.3) is 0 Å². The van der Waals surface area contributed by atoms with Crippen LogP contribution in [0.25, 0.3) is 0 Å². The van der Waals surface area contributed by atoms with E-state index in [2.05, 4.69) is 27.7 Å². The van der Waals surface area contributed by atoms with E-state index in [4.69, 9.17) is 18.8 Å². The molecule has 5 heteroatoms. The van der Waals surface area contributed by atoms with Crippen molar-refractivity contribution in [1.82, 2.24) is 0 Å². The van der Waals surface area contributed by atoms with Crippen molar-refractivity contribution in [3.63, 3.8) is 0 Å². The van der Waals surface area contributed by atoms with Crippen LogP contribution in [0.1, 0.15) is 47.0 Å². The molecule has 1 atom stereocenters. The van der Waals surface area contributed by atoms with E-state index in [-0.39, 0.29) is 24.4 Å². The predicted molar refractivity (Wildman–Crippen MR) is 91.2 cm³/mol. The van der Waals surface area contributed by atoms with Crippen LogP contribution in [-0.2, 0) is 14.0 Å². The van der Waals surface area contributed by atoms with Crippen molar-refractivity contribution in [2.75, 3.05) is 13.2 Å². The first kappa shape index (κ1) is 16.8. The van der Waals surface area contributed by atoms with Crippen LogP contribution < -0.4 is 10.2 Å². The first-order valence-corrected chi connectivity index (χ1v) is 8.57. The SMILES string of the molecule is CC1(C)OB(c2cccc(OC[C@H]3CCCCO3)c2)OC1(C)C. The molecule has 2 saturated heterocycles. The van der Waals surface area contributed by atoms with Crippen LogP contribution in [-0.4, -0.2) is 37.6 Å². The summed E-state index contributed by atoms with van der Waals surface area (Å²) in [6, 6.07) is 7.98. The zero-order chi connectivity index (χ0) is 16.5. The molecule has 23 heavy (non-hydrogen) atoms. The Morgan fingerprint density at radius 3 is 2.52 bits per heavy atom. The van der Waals surface area contributed by atoms with Gasteiger partial charge in [-0.1, -0.05) is 12.1 Å². The fourth-order valence-corrected chi connectivity index (χ4v) is 2.86. The summed E-state index contributed by atoms with van der Waals surface area (Å²) in [4.78, 5) is 0. The summed E-state index contributed by atoms with van der Waals surface area (Å²) < 4.78 is 23.8. The molecule has 0 N–H and O–H groups in total. The molecule has 126 valence electrons. The second kappa shape index (κ2) is 6.46. The van der Waals surface area contributed by atoms with Gasteiger partial charge < -0.3 is 18.8 Å². The normalized spacial score (nSPS) is 26.3. The maximum atomic E-state index is 6.10. The molecule has 2 fully saturated rings. The van der Waals surface area contributed by atoms with E-state index in [1.807, 2.05) is 24.3 Å². The third-order valence-electron chi connectivity index (χ3n) is 5.09. The fourth-order valence-electron chi connectivity index (χ4n) is 2.86. The molecule has 0 unspecified atom stereocenters. The van der Waals surface area contributed by atoms with Crippen LogP contribution in [0.4, 0.5) is 0 Å². The highest BCUT2D eigenvalue weighted by atomic mass is 16.7. The number of rotatable bonds is 4. The van der Waals surface area contributed by atoms with Gasteiger partial charge in [-0.15, -0.1) is 0 Å². The number of ether oxygens (including phenoxy) is 2. The third-order valence-corrected chi connectivity index (χ3v) is 5.09. The van der Waals surface area contributed by atoms with E-state index in [0.717, 1.165) is 30.7 Å². The molecular formula is C18H27BO4. The second-order valence-corrected chi connectivity index (χ2v) is 7.46. The first-order chi connectivity index (χ1) is 10.9. The zero-order valence-corrected chi connectivity index (χ0v) is 14.6. The van der Waals surface area contributed by atoms with Gasteiger partial charge in [0.05, 0.1) is 17.3 Å². The van der Waals surface area contributed by atoms with Crippen LogP contribution in [0, 0.1) is 0 Å². The minimum atomic E-state index is -0.352. The lowest BCUT2D eigenvalue weighted by atomic mass is 9.79. The van der Waals surface area contributed by atoms with Gasteiger partial charge in [0, 0.05) is 6.61 Å². The Bertz CT molecular complexity index is 522. The molecule has 0 saturated carbocycles. The highest BCUT2D eigenvalue weighted by Crippen LogP contribution is 2.36. The van der Waals surface area contributed by atoms with Gasteiger partial charge in [-0.25, -0.2) is 0 Å². The van der Waals surface area contributed by atoms with Gasteiger partial charge in [-0.2, -0.15) is 0 Å². The summed E-state index contributed by atoms with van der Waals surface area (Å²) in [6.07, 6.45) is 3.68. The highest BCUT2D eigenvalue weighted by Gasteiger charge is 2.51. The largest absolute Gasteiger partial charge is 0.494 e. The Morgan fingerprint density at radius 1 is 1.13 bits per heavy atom. The summed E-state index contributed by atoms with van der Waals surface area (Å²) in [5, 5.41) is 0. The Hall–Kier alpha value is -1.04. The third kappa shape index (κ3) is 3.73. The molecule has 1 aromatic carbocycles. The van der Waals surface area contributed by atoms with E-state index in [0.29, 0.717) is 6.61 Å². The molecule has 0 amide bonds. The van der Waals surface area contributed by atoms with Gasteiger partial charge in [-0.05, 0) is 64.6 Å². The van der Waals surface area contributed by atoms with Crippen molar-refractivity contribution in [3.05, 3.63) is 24.3 Å². The first-order valence-electron chi connectivity index (χ1n) is 8.57. The Morgan fingerprint density at radius 2 is 1.87 bits per heavy atom. The molecule has 1 aromatic rings. The summed E-state index contributed by atoms with van der Waals surface area (Å²) >= 11 is 0. The molecule has 0 aliphatic carbocycles. The van der Waals surface area contributed by atoms with Crippen molar-refractivity contribution >= 4 is 12.6 Å². The maximum Gasteiger partial charge on any atom is 0.494 e. The Labute approximate surface area is 139 Å². The number of hydrogen-bond acceptors (Lipinski definition) is 4. The minimum Gasteiger partial charge on any atom is -0.491 e. The highest BCUT2D eigenvalue weighted by molar-refractivity contribution is 6.62. The molecule has 4 nitrogen and oxygen atoms in total. The summed E-state index contributed by atoms with van der Waals surface area (Å²) in [5.41, 5.74) is 0.334. The lowest BCUT2D eigenvalue weighted by Crippen LogP contribution is -2.41. The maximum absolute atomic E-state index is 6.10. The van der Waals surface area contributed by atoms with Gasteiger partial charge >= 0.3 is 7.12 Å². The van der Waals surface area contributed by atoms with Crippen molar-refractivity contribution in [3.8, 4) is 5.75 Å². The molecule has 0 bridgehead atoms. The standard InChI is InChI=1S/C18H27BO4/c1-17(2)18(3,4)23-19(22-17)14-8-7-10-15(12-14)21-13-16-9-5-6-11-20-16/h7-8,10,12,16H,5-6,9,11,13H2,1-4H3/t16-/m1/s1. The summed E-state index contributed by atoms with van der Waals surface area (Å²) in [6.45, 7) is 9.71. The molecule has 3 rings (SSSR count). The molecule has 0 radical (unpaired) electrons. The van der Waals surface area contributed by atoms with Crippen molar-refractivity contribution in [2.24, 2.45) is 0 Å². The summed E-state index contributed by atoms with van der Waals surface area (Å²) in [7, 11) is -0.352. The fraction of sp³-hybridized carbons (Fsp3) is 0.667. The molecule has 2 aliphatic rings. The van der Waals surface area contributed by atoms with E-state index >= 15 is 0 Å². The van der Waals surface area contributed by atoms with Crippen LogP contribution in [0.15, 0.2) is 24.3 Å². The average Bonchev–Trinajstić information content (AvgIpc) is 2.75. The molecule has 2 aliphatic heterocycles. The van der Waals surface area contributed by atoms with Crippen LogP contribution in [0.2, 0.25) is 0 Å². The topological polar surface area (TPSA) is 36.9 Å². The van der Waals surface area contributed by atoms with E-state index in [1.165, 1.54) is 6.42 Å². The van der Waals surface area contributed by atoms with E-state index in [9.17, 15) is 0 Å².